The van der Waals surface area contributed by atoms with Crippen molar-refractivity contribution in [2.24, 2.45) is 0 Å². The van der Waals surface area contributed by atoms with Gasteiger partial charge in [-0.1, -0.05) is 30.7 Å². The van der Waals surface area contributed by atoms with Gasteiger partial charge in [0.1, 0.15) is 4.21 Å². The Labute approximate surface area is 172 Å². The molecular weight excluding hydrogens is 418 g/mol. The van der Waals surface area contributed by atoms with Crippen LogP contribution in [0.15, 0.2) is 57.5 Å². The maximum absolute atomic E-state index is 12.3. The molecule has 1 aromatic carbocycles. The number of sulfonamides is 1. The van der Waals surface area contributed by atoms with E-state index in [4.69, 9.17) is 11.6 Å². The van der Waals surface area contributed by atoms with E-state index in [1.807, 2.05) is 25.1 Å². The van der Waals surface area contributed by atoms with E-state index in [1.54, 1.807) is 24.3 Å². The van der Waals surface area contributed by atoms with Gasteiger partial charge in [0.05, 0.1) is 5.69 Å². The summed E-state index contributed by atoms with van der Waals surface area (Å²) < 4.78 is 28.9. The molecule has 0 aliphatic heterocycles. The summed E-state index contributed by atoms with van der Waals surface area (Å²) in [7, 11) is -3.52. The summed E-state index contributed by atoms with van der Waals surface area (Å²) in [6.45, 7) is 2.52. The standard InChI is InChI=1S/C19H20ClN3O3S2/c1-2-16-8-11-19(27-16)28(25,26)21-12-3-13-23-18(24)10-9-17(22-23)14-4-6-15(20)7-5-14/h4-11,21H,2-3,12-13H2,1H3. The van der Waals surface area contributed by atoms with Crippen molar-refractivity contribution >= 4 is 33.0 Å². The highest BCUT2D eigenvalue weighted by Gasteiger charge is 2.15. The first kappa shape index (κ1) is 20.7. The third kappa shape index (κ3) is 5.08. The fraction of sp³-hybridized carbons (Fsp3) is 0.263. The molecule has 0 saturated carbocycles. The molecule has 0 bridgehead atoms. The Kier molecular flexibility index (Phi) is 6.66. The van der Waals surface area contributed by atoms with Crippen LogP contribution in [-0.2, 0) is 23.0 Å². The van der Waals surface area contributed by atoms with Crippen LogP contribution in [0.2, 0.25) is 5.02 Å². The van der Waals surface area contributed by atoms with Crippen molar-refractivity contribution in [3.63, 3.8) is 0 Å². The number of thiophene rings is 1. The van der Waals surface area contributed by atoms with Gasteiger partial charge in [-0.3, -0.25) is 4.79 Å². The maximum atomic E-state index is 12.3. The molecule has 0 aliphatic carbocycles. The van der Waals surface area contributed by atoms with Gasteiger partial charge < -0.3 is 0 Å². The Morgan fingerprint density at radius 3 is 2.54 bits per heavy atom. The summed E-state index contributed by atoms with van der Waals surface area (Å²) in [5.74, 6) is 0. The minimum Gasteiger partial charge on any atom is -0.268 e. The Bertz CT molecular complexity index is 1110. The number of hydrogen-bond acceptors (Lipinski definition) is 5. The molecule has 28 heavy (non-hydrogen) atoms. The third-order valence-electron chi connectivity index (χ3n) is 4.10. The van der Waals surface area contributed by atoms with E-state index in [9.17, 15) is 13.2 Å². The van der Waals surface area contributed by atoms with Gasteiger partial charge in [0.25, 0.3) is 5.56 Å². The van der Waals surface area contributed by atoms with Gasteiger partial charge in [0.15, 0.2) is 0 Å². The largest absolute Gasteiger partial charge is 0.268 e. The molecule has 3 rings (SSSR count). The molecule has 9 heteroatoms. The number of rotatable bonds is 8. The van der Waals surface area contributed by atoms with Crippen LogP contribution < -0.4 is 10.3 Å². The lowest BCUT2D eigenvalue weighted by Crippen LogP contribution is -2.27. The van der Waals surface area contributed by atoms with Gasteiger partial charge in [-0.2, -0.15) is 5.10 Å². The lowest BCUT2D eigenvalue weighted by Gasteiger charge is -2.08. The van der Waals surface area contributed by atoms with Crippen molar-refractivity contribution in [3.8, 4) is 11.3 Å². The molecule has 0 amide bonds. The zero-order chi connectivity index (χ0) is 20.1. The summed E-state index contributed by atoms with van der Waals surface area (Å²) in [4.78, 5) is 13.1. The molecule has 0 radical (unpaired) electrons. The van der Waals surface area contributed by atoms with E-state index in [2.05, 4.69) is 9.82 Å². The van der Waals surface area contributed by atoms with Crippen molar-refractivity contribution < 1.29 is 8.42 Å². The Hall–Kier alpha value is -2.00. The van der Waals surface area contributed by atoms with Crippen LogP contribution >= 0.6 is 22.9 Å². The number of aryl methyl sites for hydroxylation is 2. The second-order valence-corrected chi connectivity index (χ2v) is 9.71. The average molecular weight is 438 g/mol. The highest BCUT2D eigenvalue weighted by molar-refractivity contribution is 7.91. The second-order valence-electron chi connectivity index (χ2n) is 6.11. The van der Waals surface area contributed by atoms with E-state index >= 15 is 0 Å². The topological polar surface area (TPSA) is 81.1 Å². The van der Waals surface area contributed by atoms with Gasteiger partial charge >= 0.3 is 0 Å². The zero-order valence-electron chi connectivity index (χ0n) is 15.3. The highest BCUT2D eigenvalue weighted by Crippen LogP contribution is 2.21. The van der Waals surface area contributed by atoms with Gasteiger partial charge in [-0.15, -0.1) is 11.3 Å². The Balaban J connectivity index is 1.62. The van der Waals surface area contributed by atoms with Crippen LogP contribution in [0.25, 0.3) is 11.3 Å². The quantitative estimate of drug-likeness (QED) is 0.546. The monoisotopic (exact) mass is 437 g/mol. The minimum atomic E-state index is -3.52. The third-order valence-corrected chi connectivity index (χ3v) is 7.53. The molecule has 0 unspecified atom stereocenters. The lowest BCUT2D eigenvalue weighted by atomic mass is 10.1. The molecular formula is C19H20ClN3O3S2. The van der Waals surface area contributed by atoms with Gasteiger partial charge in [0.2, 0.25) is 10.0 Å². The number of nitrogens with zero attached hydrogens (tertiary/aromatic N) is 2. The first-order valence-corrected chi connectivity index (χ1v) is 11.5. The highest BCUT2D eigenvalue weighted by atomic mass is 35.5. The fourth-order valence-electron chi connectivity index (χ4n) is 2.58. The Morgan fingerprint density at radius 2 is 1.86 bits per heavy atom. The first-order chi connectivity index (χ1) is 13.4. The zero-order valence-corrected chi connectivity index (χ0v) is 17.6. The second kappa shape index (κ2) is 9.00. The molecule has 1 N–H and O–H groups in total. The normalized spacial score (nSPS) is 11.6. The predicted molar refractivity (Wildman–Crippen MR) is 112 cm³/mol. The molecule has 148 valence electrons. The number of aromatic nitrogens is 2. The van der Waals surface area contributed by atoms with Crippen LogP contribution in [0.4, 0.5) is 0 Å². The van der Waals surface area contributed by atoms with Crippen molar-refractivity contribution in [1.82, 2.24) is 14.5 Å². The van der Waals surface area contributed by atoms with Crippen LogP contribution in [-0.4, -0.2) is 24.7 Å². The van der Waals surface area contributed by atoms with Crippen LogP contribution in [0.5, 0.6) is 0 Å². The SMILES string of the molecule is CCc1ccc(S(=O)(=O)NCCCn2nc(-c3ccc(Cl)cc3)ccc2=O)s1. The number of hydrogen-bond donors (Lipinski definition) is 1. The first-order valence-electron chi connectivity index (χ1n) is 8.81. The van der Waals surface area contributed by atoms with E-state index in [-0.39, 0.29) is 12.1 Å². The van der Waals surface area contributed by atoms with Crippen LogP contribution in [0.3, 0.4) is 0 Å². The molecule has 3 aromatic rings. The molecule has 0 aliphatic rings. The number of halogens is 1. The Morgan fingerprint density at radius 1 is 1.11 bits per heavy atom. The fourth-order valence-corrected chi connectivity index (χ4v) is 5.12. The number of nitrogens with one attached hydrogen (secondary N) is 1. The molecule has 2 aromatic heterocycles. The average Bonchev–Trinajstić information content (AvgIpc) is 3.17. The van der Waals surface area contributed by atoms with Gasteiger partial charge in [0, 0.05) is 34.6 Å². The van der Waals surface area contributed by atoms with Crippen molar-refractivity contribution in [3.05, 3.63) is 68.8 Å². The number of benzene rings is 1. The summed E-state index contributed by atoms with van der Waals surface area (Å²) in [5, 5.41) is 4.99. The lowest BCUT2D eigenvalue weighted by molar-refractivity contribution is 0.537. The smallest absolute Gasteiger partial charge is 0.266 e. The molecule has 6 nitrogen and oxygen atoms in total. The van der Waals surface area contributed by atoms with E-state index in [0.29, 0.717) is 27.9 Å². The summed E-state index contributed by atoms with van der Waals surface area (Å²) in [5.41, 5.74) is 1.28. The minimum absolute atomic E-state index is 0.223. The predicted octanol–water partition coefficient (Wildman–Crippen LogP) is 3.56. The maximum Gasteiger partial charge on any atom is 0.266 e. The molecule has 0 fully saturated rings. The summed E-state index contributed by atoms with van der Waals surface area (Å²) in [6.07, 6.45) is 1.25. The molecule has 0 spiro atoms. The van der Waals surface area contributed by atoms with Gasteiger partial charge in [-0.25, -0.2) is 17.8 Å². The van der Waals surface area contributed by atoms with E-state index in [0.717, 1.165) is 16.9 Å². The molecule has 2 heterocycles. The van der Waals surface area contributed by atoms with Gasteiger partial charge in [-0.05, 0) is 43.2 Å². The van der Waals surface area contributed by atoms with Crippen LogP contribution in [0, 0.1) is 0 Å². The van der Waals surface area contributed by atoms with E-state index < -0.39 is 10.0 Å². The van der Waals surface area contributed by atoms with Crippen molar-refractivity contribution in [2.45, 2.75) is 30.5 Å². The van der Waals surface area contributed by atoms with Crippen LogP contribution in [0.1, 0.15) is 18.2 Å². The molecule has 0 saturated heterocycles. The summed E-state index contributed by atoms with van der Waals surface area (Å²) in [6, 6.07) is 13.7. The molecule has 0 atom stereocenters. The van der Waals surface area contributed by atoms with Crippen molar-refractivity contribution in [2.75, 3.05) is 6.54 Å². The van der Waals surface area contributed by atoms with E-state index in [1.165, 1.54) is 22.1 Å². The summed E-state index contributed by atoms with van der Waals surface area (Å²) >= 11 is 7.17. The van der Waals surface area contributed by atoms with Crippen molar-refractivity contribution in [1.29, 1.82) is 0 Å².